The number of thiazole rings is 1. The summed E-state index contributed by atoms with van der Waals surface area (Å²) in [5.74, 6) is -1.21. The second-order valence-corrected chi connectivity index (χ2v) is 10.8. The van der Waals surface area contributed by atoms with Crippen LogP contribution in [0.2, 0.25) is 0 Å². The minimum absolute atomic E-state index is 0.0404. The maximum absolute atomic E-state index is 12.8. The van der Waals surface area contributed by atoms with Crippen LogP contribution in [0.5, 0.6) is 0 Å². The fourth-order valence-electron chi connectivity index (χ4n) is 4.03. The van der Waals surface area contributed by atoms with Gasteiger partial charge in [-0.3, -0.25) is 19.3 Å². The molecule has 1 N–H and O–H groups in total. The summed E-state index contributed by atoms with van der Waals surface area (Å²) in [6.45, 7) is 1.01. The molecule has 0 saturated carbocycles. The van der Waals surface area contributed by atoms with Crippen LogP contribution in [0.1, 0.15) is 40.0 Å². The fourth-order valence-corrected chi connectivity index (χ4v) is 6.57. The number of carbonyl (C=O) groups is 3. The molecular formula is C22H20N4O5S2. The zero-order chi connectivity index (χ0) is 23.2. The van der Waals surface area contributed by atoms with Crippen molar-refractivity contribution < 1.29 is 22.8 Å². The number of benzene rings is 2. The Balaban J connectivity index is 1.25. The predicted molar refractivity (Wildman–Crippen MR) is 123 cm³/mol. The summed E-state index contributed by atoms with van der Waals surface area (Å²) in [5.41, 5.74) is 1.26. The average Bonchev–Trinajstić information content (AvgIpc) is 3.52. The molecule has 2 aliphatic rings. The number of nitrogens with one attached hydrogen (secondary N) is 1. The molecule has 0 spiro atoms. The maximum atomic E-state index is 12.8. The van der Waals surface area contributed by atoms with Gasteiger partial charge in [-0.1, -0.05) is 23.5 Å². The molecular weight excluding hydrogens is 464 g/mol. The van der Waals surface area contributed by atoms with Crippen molar-refractivity contribution in [1.82, 2.24) is 14.2 Å². The van der Waals surface area contributed by atoms with Crippen LogP contribution in [0.15, 0.2) is 47.4 Å². The molecule has 3 amide bonds. The Bertz CT molecular complexity index is 1360. The largest absolute Gasteiger partial charge is 0.302 e. The minimum Gasteiger partial charge on any atom is -0.302 e. The molecule has 170 valence electrons. The van der Waals surface area contributed by atoms with Crippen LogP contribution in [0.4, 0.5) is 5.13 Å². The van der Waals surface area contributed by atoms with E-state index in [9.17, 15) is 22.8 Å². The highest BCUT2D eigenvalue weighted by molar-refractivity contribution is 7.89. The van der Waals surface area contributed by atoms with Crippen LogP contribution < -0.4 is 5.32 Å². The number of imide groups is 1. The van der Waals surface area contributed by atoms with Crippen molar-refractivity contribution in [2.24, 2.45) is 0 Å². The van der Waals surface area contributed by atoms with E-state index in [1.807, 2.05) is 0 Å². The SMILES string of the molecule is O=C(CCN1C(=O)c2ccccc2C1=O)Nc1nc2ccc(S(=O)(=O)N3CCCC3)cc2s1. The van der Waals surface area contributed by atoms with Crippen molar-refractivity contribution >= 4 is 54.4 Å². The van der Waals surface area contributed by atoms with Crippen molar-refractivity contribution in [3.8, 4) is 0 Å². The monoisotopic (exact) mass is 484 g/mol. The lowest BCUT2D eigenvalue weighted by atomic mass is 10.1. The molecule has 9 nitrogen and oxygen atoms in total. The molecule has 1 aromatic heterocycles. The van der Waals surface area contributed by atoms with E-state index in [0.29, 0.717) is 39.6 Å². The van der Waals surface area contributed by atoms with E-state index >= 15 is 0 Å². The average molecular weight is 485 g/mol. The minimum atomic E-state index is -3.54. The fraction of sp³-hybridized carbons (Fsp3) is 0.273. The first kappa shape index (κ1) is 21.7. The van der Waals surface area contributed by atoms with Crippen molar-refractivity contribution in [3.63, 3.8) is 0 Å². The topological polar surface area (TPSA) is 117 Å². The van der Waals surface area contributed by atoms with Crippen molar-refractivity contribution in [3.05, 3.63) is 53.6 Å². The Labute approximate surface area is 194 Å². The van der Waals surface area contributed by atoms with Gasteiger partial charge in [0.2, 0.25) is 15.9 Å². The van der Waals surface area contributed by atoms with Crippen molar-refractivity contribution in [2.75, 3.05) is 25.0 Å². The molecule has 0 aliphatic carbocycles. The van der Waals surface area contributed by atoms with E-state index in [4.69, 9.17) is 0 Å². The molecule has 1 saturated heterocycles. The summed E-state index contributed by atoms with van der Waals surface area (Å²) in [6, 6.07) is 11.3. The lowest BCUT2D eigenvalue weighted by Gasteiger charge is -2.15. The lowest BCUT2D eigenvalue weighted by Crippen LogP contribution is -2.32. The highest BCUT2D eigenvalue weighted by Crippen LogP contribution is 2.30. The van der Waals surface area contributed by atoms with Gasteiger partial charge < -0.3 is 5.32 Å². The van der Waals surface area contributed by atoms with E-state index < -0.39 is 27.7 Å². The first-order chi connectivity index (χ1) is 15.8. The van der Waals surface area contributed by atoms with Gasteiger partial charge in [-0.15, -0.1) is 0 Å². The lowest BCUT2D eigenvalue weighted by molar-refractivity contribution is -0.116. The van der Waals surface area contributed by atoms with E-state index in [-0.39, 0.29) is 17.9 Å². The van der Waals surface area contributed by atoms with Crippen LogP contribution in [-0.4, -0.2) is 60.0 Å². The highest BCUT2D eigenvalue weighted by Gasteiger charge is 2.35. The maximum Gasteiger partial charge on any atom is 0.261 e. The second-order valence-electron chi connectivity index (χ2n) is 7.87. The number of amides is 3. The van der Waals surface area contributed by atoms with Crippen molar-refractivity contribution in [1.29, 1.82) is 0 Å². The number of anilines is 1. The Morgan fingerprint density at radius 2 is 1.70 bits per heavy atom. The molecule has 2 aromatic carbocycles. The molecule has 1 fully saturated rings. The van der Waals surface area contributed by atoms with Crippen molar-refractivity contribution in [2.45, 2.75) is 24.2 Å². The number of rotatable bonds is 6. The first-order valence-electron chi connectivity index (χ1n) is 10.5. The Morgan fingerprint density at radius 1 is 1.03 bits per heavy atom. The van der Waals surface area contributed by atoms with Gasteiger partial charge in [0, 0.05) is 26.1 Å². The summed E-state index contributed by atoms with van der Waals surface area (Å²) >= 11 is 1.17. The van der Waals surface area contributed by atoms with Gasteiger partial charge in [-0.05, 0) is 43.2 Å². The molecule has 0 atom stereocenters. The number of hydrogen-bond donors (Lipinski definition) is 1. The van der Waals surface area contributed by atoms with Crippen LogP contribution >= 0.6 is 11.3 Å². The smallest absolute Gasteiger partial charge is 0.261 e. The standard InChI is InChI=1S/C22H20N4O5S2/c27-19(9-12-26-20(28)15-5-1-2-6-16(15)21(26)29)24-22-23-17-8-7-14(13-18(17)32-22)33(30,31)25-10-3-4-11-25/h1-2,5-8,13H,3-4,9-12H2,(H,23,24,27). The molecule has 0 unspecified atom stereocenters. The third-order valence-electron chi connectivity index (χ3n) is 5.75. The summed E-state index contributed by atoms with van der Waals surface area (Å²) < 4.78 is 27.7. The molecule has 3 heterocycles. The quantitative estimate of drug-likeness (QED) is 0.538. The number of nitrogens with zero attached hydrogens (tertiary/aromatic N) is 3. The van der Waals surface area contributed by atoms with Gasteiger partial charge in [0.05, 0.1) is 26.2 Å². The van der Waals surface area contributed by atoms with Crippen LogP contribution in [-0.2, 0) is 14.8 Å². The molecule has 2 aliphatic heterocycles. The van der Waals surface area contributed by atoms with Gasteiger partial charge in [-0.2, -0.15) is 4.31 Å². The Morgan fingerprint density at radius 3 is 2.36 bits per heavy atom. The van der Waals surface area contributed by atoms with Gasteiger partial charge in [0.25, 0.3) is 11.8 Å². The zero-order valence-electron chi connectivity index (χ0n) is 17.5. The molecule has 3 aromatic rings. The number of aromatic nitrogens is 1. The Kier molecular flexibility index (Phi) is 5.47. The molecule has 33 heavy (non-hydrogen) atoms. The Hall–Kier alpha value is -3.15. The van der Waals surface area contributed by atoms with Gasteiger partial charge in [0.1, 0.15) is 0 Å². The van der Waals surface area contributed by atoms with E-state index in [2.05, 4.69) is 10.3 Å². The predicted octanol–water partition coefficient (Wildman–Crippen LogP) is 2.71. The van der Waals surface area contributed by atoms with E-state index in [1.54, 1.807) is 36.4 Å². The third-order valence-corrected chi connectivity index (χ3v) is 8.58. The molecule has 0 bridgehead atoms. The second kappa shape index (κ2) is 8.32. The number of fused-ring (bicyclic) bond motifs is 2. The summed E-state index contributed by atoms with van der Waals surface area (Å²) in [7, 11) is -3.54. The summed E-state index contributed by atoms with van der Waals surface area (Å²) in [5, 5.41) is 3.01. The summed E-state index contributed by atoms with van der Waals surface area (Å²) in [6.07, 6.45) is 1.65. The third kappa shape index (κ3) is 3.92. The molecule has 5 rings (SSSR count). The molecule has 0 radical (unpaired) electrons. The summed E-state index contributed by atoms with van der Waals surface area (Å²) in [4.78, 5) is 42.9. The van der Waals surface area contributed by atoms with Crippen LogP contribution in [0, 0.1) is 0 Å². The van der Waals surface area contributed by atoms with Crippen LogP contribution in [0.25, 0.3) is 10.2 Å². The van der Waals surface area contributed by atoms with Gasteiger partial charge >= 0.3 is 0 Å². The molecule has 11 heteroatoms. The van der Waals surface area contributed by atoms with Gasteiger partial charge in [0.15, 0.2) is 5.13 Å². The highest BCUT2D eigenvalue weighted by atomic mass is 32.2. The first-order valence-corrected chi connectivity index (χ1v) is 12.8. The van der Waals surface area contributed by atoms with E-state index in [0.717, 1.165) is 17.7 Å². The zero-order valence-corrected chi connectivity index (χ0v) is 19.1. The van der Waals surface area contributed by atoms with Gasteiger partial charge in [-0.25, -0.2) is 13.4 Å². The number of sulfonamides is 1. The van der Waals surface area contributed by atoms with Crippen LogP contribution in [0.3, 0.4) is 0 Å². The normalized spacial score (nSPS) is 16.5. The number of hydrogen-bond acceptors (Lipinski definition) is 7. The van der Waals surface area contributed by atoms with E-state index in [1.165, 1.54) is 21.7 Å². The number of carbonyl (C=O) groups excluding carboxylic acids is 3.